The Bertz CT molecular complexity index is 1960. The van der Waals surface area contributed by atoms with E-state index in [1.54, 1.807) is 13.8 Å². The summed E-state index contributed by atoms with van der Waals surface area (Å²) in [5.74, 6) is -0.220. The molecule has 0 unspecified atom stereocenters. The van der Waals surface area contributed by atoms with Crippen LogP contribution in [0.5, 0.6) is 0 Å². The van der Waals surface area contributed by atoms with Gasteiger partial charge in [-0.2, -0.15) is 12.1 Å². The van der Waals surface area contributed by atoms with Crippen molar-refractivity contribution in [2.75, 3.05) is 0 Å². The summed E-state index contributed by atoms with van der Waals surface area (Å²) in [4.78, 5) is 21.2. The maximum absolute atomic E-state index is 10.6. The minimum absolute atomic E-state index is 0.110. The molecule has 305 valence electrons. The van der Waals surface area contributed by atoms with E-state index in [0.717, 1.165) is 0 Å². The first-order chi connectivity index (χ1) is 28.3. The first-order valence-corrected chi connectivity index (χ1v) is 27.5. The Morgan fingerprint density at radius 2 is 0.914 bits per heavy atom. The van der Waals surface area contributed by atoms with Gasteiger partial charge in [0.2, 0.25) is 11.8 Å². The van der Waals surface area contributed by atoms with E-state index in [4.69, 9.17) is 17.0 Å². The molecule has 0 bridgehead atoms. The Labute approximate surface area is 368 Å². The number of halogens is 2. The second-order valence-electron chi connectivity index (χ2n) is 14.4. The second kappa shape index (κ2) is 28.1. The van der Waals surface area contributed by atoms with E-state index >= 15 is 0 Å². The van der Waals surface area contributed by atoms with Gasteiger partial charge in [-0.05, 0) is 60.8 Å². The molecule has 0 aliphatic heterocycles. The van der Waals surface area contributed by atoms with Crippen molar-refractivity contribution >= 4 is 57.9 Å². The SMILES string of the molecule is CCC(=O)N[B]NC(=O)CC.CCCCc1ccccc1-c1cccc2[cH-]c(CCC)cc12.CCCCc1ccccc1-c1cccc2[cH-]c(CCC)cc12.[Cl][Zr+2][Cl]. The van der Waals surface area contributed by atoms with E-state index in [1.807, 2.05) is 0 Å². The van der Waals surface area contributed by atoms with Crippen molar-refractivity contribution in [1.29, 1.82) is 0 Å². The summed E-state index contributed by atoms with van der Waals surface area (Å²) in [5, 5.41) is 10.4. The van der Waals surface area contributed by atoms with Gasteiger partial charge in [0.1, 0.15) is 0 Å². The van der Waals surface area contributed by atoms with E-state index in [2.05, 4.69) is 147 Å². The molecule has 0 heterocycles. The number of fused-ring (bicyclic) bond motifs is 2. The Morgan fingerprint density at radius 1 is 0.534 bits per heavy atom. The second-order valence-corrected chi connectivity index (χ2v) is 18.2. The topological polar surface area (TPSA) is 58.2 Å². The van der Waals surface area contributed by atoms with Gasteiger partial charge < -0.3 is 10.5 Å². The number of benzene rings is 4. The molecule has 0 fully saturated rings. The van der Waals surface area contributed by atoms with Crippen LogP contribution in [0.25, 0.3) is 43.8 Å². The van der Waals surface area contributed by atoms with Crippen LogP contribution in [-0.2, 0) is 56.1 Å². The van der Waals surface area contributed by atoms with Crippen LogP contribution >= 0.6 is 17.0 Å². The molecule has 0 saturated heterocycles. The molecule has 0 aromatic heterocycles. The number of hydrogen-bond acceptors (Lipinski definition) is 2. The molecule has 0 spiro atoms. The molecule has 0 saturated carbocycles. The summed E-state index contributed by atoms with van der Waals surface area (Å²) < 4.78 is 0. The molecule has 0 atom stereocenters. The monoisotopic (exact) mass is 893 g/mol. The normalized spacial score (nSPS) is 10.3. The Balaban J connectivity index is 0.000000237. The van der Waals surface area contributed by atoms with Gasteiger partial charge in [-0.25, -0.2) is 0 Å². The van der Waals surface area contributed by atoms with Crippen molar-refractivity contribution in [3.63, 3.8) is 0 Å². The van der Waals surface area contributed by atoms with Crippen molar-refractivity contribution < 1.29 is 30.4 Å². The van der Waals surface area contributed by atoms with Gasteiger partial charge in [-0.3, -0.25) is 9.59 Å². The molecule has 58 heavy (non-hydrogen) atoms. The molecule has 6 rings (SSSR count). The van der Waals surface area contributed by atoms with E-state index in [1.165, 1.54) is 138 Å². The van der Waals surface area contributed by atoms with Crippen LogP contribution in [0.2, 0.25) is 0 Å². The van der Waals surface area contributed by atoms with Crippen LogP contribution in [0.15, 0.2) is 109 Å². The molecule has 0 aliphatic carbocycles. The predicted octanol–water partition coefficient (Wildman–Crippen LogP) is 14.0. The average molecular weight is 896 g/mol. The Kier molecular flexibility index (Phi) is 23.7. The maximum atomic E-state index is 10.6. The van der Waals surface area contributed by atoms with E-state index in [0.29, 0.717) is 12.8 Å². The van der Waals surface area contributed by atoms with Crippen LogP contribution in [0, 0.1) is 0 Å². The van der Waals surface area contributed by atoms with Crippen LogP contribution in [0.1, 0.15) is 115 Å². The molecular formula is C50H62BCl2N2O2Zr. The fraction of sp³-hybridized carbons (Fsp3) is 0.360. The number of unbranched alkanes of at least 4 members (excludes halogenated alkanes) is 2. The number of hydrogen-bond donors (Lipinski definition) is 2. The van der Waals surface area contributed by atoms with Gasteiger partial charge in [0.05, 0.1) is 0 Å². The predicted molar refractivity (Wildman–Crippen MR) is 249 cm³/mol. The van der Waals surface area contributed by atoms with Gasteiger partial charge in [0.15, 0.2) is 0 Å². The summed E-state index contributed by atoms with van der Waals surface area (Å²) in [6.07, 6.45) is 12.9. The number of carbonyl (C=O) groups excluding carboxylic acids is 2. The van der Waals surface area contributed by atoms with E-state index in [9.17, 15) is 9.59 Å². The van der Waals surface area contributed by atoms with Crippen molar-refractivity contribution in [2.45, 2.75) is 119 Å². The fourth-order valence-corrected chi connectivity index (χ4v) is 7.07. The van der Waals surface area contributed by atoms with Crippen molar-refractivity contribution in [3.8, 4) is 22.3 Å². The van der Waals surface area contributed by atoms with Gasteiger partial charge in [0.25, 0.3) is 0 Å². The zero-order valence-electron chi connectivity index (χ0n) is 35.5. The van der Waals surface area contributed by atoms with Crippen molar-refractivity contribution in [1.82, 2.24) is 10.5 Å². The summed E-state index contributed by atoms with van der Waals surface area (Å²) >= 11 is -0.826. The van der Waals surface area contributed by atoms with Crippen LogP contribution in [0.4, 0.5) is 0 Å². The molecular weight excluding hydrogens is 834 g/mol. The summed E-state index contributed by atoms with van der Waals surface area (Å²) in [6.45, 7) is 12.5. The Hall–Kier alpha value is -3.43. The zero-order valence-corrected chi connectivity index (χ0v) is 39.5. The zero-order chi connectivity index (χ0) is 42.1. The van der Waals surface area contributed by atoms with Gasteiger partial charge >= 0.3 is 45.4 Å². The molecule has 6 aromatic carbocycles. The summed E-state index contributed by atoms with van der Waals surface area (Å²) in [5.41, 5.74) is 11.5. The van der Waals surface area contributed by atoms with Crippen molar-refractivity contribution in [2.24, 2.45) is 0 Å². The van der Waals surface area contributed by atoms with E-state index in [-0.39, 0.29) is 11.8 Å². The number of nitrogens with one attached hydrogen (secondary N) is 2. The first kappa shape index (κ1) is 48.9. The third-order valence-electron chi connectivity index (χ3n) is 10.0. The van der Waals surface area contributed by atoms with Gasteiger partial charge in [-0.15, -0.1) is 69.1 Å². The number of aryl methyl sites for hydroxylation is 4. The molecule has 2 N–H and O–H groups in total. The third-order valence-corrected chi connectivity index (χ3v) is 10.0. The van der Waals surface area contributed by atoms with Crippen molar-refractivity contribution in [3.05, 3.63) is 131 Å². The van der Waals surface area contributed by atoms with Crippen LogP contribution in [0.3, 0.4) is 0 Å². The number of rotatable bonds is 16. The Morgan fingerprint density at radius 3 is 1.28 bits per heavy atom. The summed E-state index contributed by atoms with van der Waals surface area (Å²) in [6, 6.07) is 40.8. The molecule has 2 amide bonds. The number of carbonyl (C=O) groups is 2. The minimum atomic E-state index is -0.826. The standard InChI is InChI=1S/2C22H25.C6H12BN2O2.2ClH.Zr/c2*1-3-5-10-18-11-6-7-13-20(18)21-14-8-12-19-15-17(9-4-2)16-22(19)21;1-3-5(10)8-7-9-6(11)4-2;;;/h2*6-8,11-16H,3-5,9-10H2,1-2H3;3-4H2,1-2H3,(H,8,10)(H,9,11);2*1H;/q2*-1;;;;+4/p-2. The average Bonchev–Trinajstić information content (AvgIpc) is 3.87. The van der Waals surface area contributed by atoms with E-state index < -0.39 is 20.8 Å². The third kappa shape index (κ3) is 15.6. The summed E-state index contributed by atoms with van der Waals surface area (Å²) in [7, 11) is 11.1. The molecule has 0 aliphatic rings. The van der Waals surface area contributed by atoms with Gasteiger partial charge in [0, 0.05) is 12.8 Å². The fourth-order valence-electron chi connectivity index (χ4n) is 7.07. The number of amides is 2. The molecule has 4 nitrogen and oxygen atoms in total. The molecule has 8 heteroatoms. The first-order valence-electron chi connectivity index (χ1n) is 21.2. The molecule has 1 radical (unpaired) electrons. The van der Waals surface area contributed by atoms with Crippen LogP contribution < -0.4 is 10.5 Å². The van der Waals surface area contributed by atoms with Crippen LogP contribution in [-0.4, -0.2) is 19.4 Å². The molecule has 6 aromatic rings. The quantitative estimate of drug-likeness (QED) is 0.0751. The van der Waals surface area contributed by atoms with Gasteiger partial charge in [-0.1, -0.05) is 139 Å².